The lowest BCUT2D eigenvalue weighted by Gasteiger charge is -2.11. The highest BCUT2D eigenvalue weighted by Gasteiger charge is 2.07. The molecule has 1 heterocycles. The summed E-state index contributed by atoms with van der Waals surface area (Å²) in [6.07, 6.45) is 2.31. The molecular weight excluding hydrogens is 323 g/mol. The third kappa shape index (κ3) is 3.45. The maximum atomic E-state index is 13.0. The van der Waals surface area contributed by atoms with E-state index in [1.165, 1.54) is 12.4 Å². The van der Waals surface area contributed by atoms with Crippen LogP contribution in [0.5, 0.6) is 0 Å². The van der Waals surface area contributed by atoms with Gasteiger partial charge in [0.25, 0.3) is 0 Å². The molecule has 0 bridgehead atoms. The summed E-state index contributed by atoms with van der Waals surface area (Å²) in [7, 11) is 1.80. The molecule has 106 valence electrons. The Kier molecular flexibility index (Phi) is 4.89. The summed E-state index contributed by atoms with van der Waals surface area (Å²) < 4.78 is 13.8. The zero-order chi connectivity index (χ0) is 14.5. The molecule has 2 rings (SSSR count). The molecule has 0 unspecified atom stereocenters. The largest absolute Gasteiger partial charge is 0.372 e. The number of aromatic nitrogens is 2. The molecule has 1 aromatic heterocycles. The van der Waals surface area contributed by atoms with E-state index in [4.69, 9.17) is 0 Å². The Hall–Kier alpha value is -1.69. The van der Waals surface area contributed by atoms with Crippen LogP contribution in [0, 0.1) is 12.7 Å². The summed E-state index contributed by atoms with van der Waals surface area (Å²) in [6, 6.07) is 4.86. The van der Waals surface area contributed by atoms with Crippen molar-refractivity contribution >= 4 is 27.6 Å². The van der Waals surface area contributed by atoms with Gasteiger partial charge in [0.05, 0.1) is 0 Å². The lowest BCUT2D eigenvalue weighted by Crippen LogP contribution is -2.09. The fraction of sp³-hybridized carbons (Fsp3) is 0.286. The van der Waals surface area contributed by atoms with E-state index in [0.717, 1.165) is 33.7 Å². The quantitative estimate of drug-likeness (QED) is 0.877. The molecule has 0 amide bonds. The summed E-state index contributed by atoms with van der Waals surface area (Å²) in [5, 5.41) is 6.23. The minimum Gasteiger partial charge on any atom is -0.372 e. The summed E-state index contributed by atoms with van der Waals surface area (Å²) in [6.45, 7) is 2.63. The minimum atomic E-state index is -0.198. The predicted octanol–water partition coefficient (Wildman–Crippen LogP) is 3.38. The first kappa shape index (κ1) is 14.7. The molecule has 4 nitrogen and oxygen atoms in total. The normalized spacial score (nSPS) is 10.4. The number of anilines is 2. The topological polar surface area (TPSA) is 49.8 Å². The number of halogens is 2. The monoisotopic (exact) mass is 338 g/mol. The van der Waals surface area contributed by atoms with Crippen molar-refractivity contribution in [3.8, 4) is 0 Å². The number of nitrogens with one attached hydrogen (secondary N) is 2. The van der Waals surface area contributed by atoms with Crippen molar-refractivity contribution in [1.82, 2.24) is 9.97 Å². The first-order valence-electron chi connectivity index (χ1n) is 6.29. The van der Waals surface area contributed by atoms with Crippen LogP contribution in [0.2, 0.25) is 0 Å². The van der Waals surface area contributed by atoms with Crippen molar-refractivity contribution in [2.45, 2.75) is 13.3 Å². The lowest BCUT2D eigenvalue weighted by atomic mass is 10.1. The predicted molar refractivity (Wildman–Crippen MR) is 82.6 cm³/mol. The number of hydrogen-bond acceptors (Lipinski definition) is 4. The van der Waals surface area contributed by atoms with Crippen molar-refractivity contribution in [3.05, 3.63) is 45.9 Å². The Labute approximate surface area is 126 Å². The molecule has 2 aromatic rings. The zero-order valence-corrected chi connectivity index (χ0v) is 13.0. The minimum absolute atomic E-state index is 0.198. The van der Waals surface area contributed by atoms with Crippen molar-refractivity contribution < 1.29 is 4.39 Å². The van der Waals surface area contributed by atoms with Gasteiger partial charge in [-0.3, -0.25) is 0 Å². The van der Waals surface area contributed by atoms with Gasteiger partial charge in [-0.25, -0.2) is 14.4 Å². The van der Waals surface area contributed by atoms with E-state index in [9.17, 15) is 4.39 Å². The number of hydrogen-bond donors (Lipinski definition) is 2. The van der Waals surface area contributed by atoms with Gasteiger partial charge in [0.15, 0.2) is 0 Å². The van der Waals surface area contributed by atoms with E-state index in [0.29, 0.717) is 6.54 Å². The van der Waals surface area contributed by atoms with E-state index in [2.05, 4.69) is 36.5 Å². The third-order valence-electron chi connectivity index (χ3n) is 3.02. The summed E-state index contributed by atoms with van der Waals surface area (Å²) in [4.78, 5) is 8.28. The second-order valence-electron chi connectivity index (χ2n) is 4.38. The Balaban J connectivity index is 1.99. The first-order valence-corrected chi connectivity index (χ1v) is 7.08. The number of benzene rings is 1. The molecule has 0 aliphatic heterocycles. The summed E-state index contributed by atoms with van der Waals surface area (Å²) in [5.41, 5.74) is 2.09. The Morgan fingerprint density at radius 3 is 2.70 bits per heavy atom. The Morgan fingerprint density at radius 2 is 2.00 bits per heavy atom. The number of nitrogens with zero attached hydrogens (tertiary/aromatic N) is 2. The molecule has 0 saturated carbocycles. The summed E-state index contributed by atoms with van der Waals surface area (Å²) in [5.74, 6) is 1.28. The van der Waals surface area contributed by atoms with Crippen molar-refractivity contribution in [3.63, 3.8) is 0 Å². The van der Waals surface area contributed by atoms with Gasteiger partial charge in [0.2, 0.25) is 0 Å². The van der Waals surface area contributed by atoms with E-state index in [1.54, 1.807) is 13.1 Å². The number of rotatable bonds is 5. The molecule has 0 saturated heterocycles. The first-order chi connectivity index (χ1) is 9.61. The van der Waals surface area contributed by atoms with Crippen LogP contribution in [0.15, 0.2) is 29.0 Å². The lowest BCUT2D eigenvalue weighted by molar-refractivity contribution is 0.625. The van der Waals surface area contributed by atoms with Crippen LogP contribution in [0.25, 0.3) is 0 Å². The van der Waals surface area contributed by atoms with Crippen LogP contribution in [-0.2, 0) is 6.42 Å². The zero-order valence-electron chi connectivity index (χ0n) is 11.4. The molecule has 1 aromatic carbocycles. The van der Waals surface area contributed by atoms with E-state index >= 15 is 0 Å². The van der Waals surface area contributed by atoms with Crippen molar-refractivity contribution in [2.75, 3.05) is 24.2 Å². The van der Waals surface area contributed by atoms with E-state index in [-0.39, 0.29) is 5.82 Å². The molecular formula is C14H16BrFN4. The summed E-state index contributed by atoms with van der Waals surface area (Å²) >= 11 is 3.45. The Morgan fingerprint density at radius 1 is 1.25 bits per heavy atom. The van der Waals surface area contributed by atoms with Crippen molar-refractivity contribution in [1.29, 1.82) is 0 Å². The van der Waals surface area contributed by atoms with Crippen LogP contribution in [0.4, 0.5) is 16.0 Å². The standard InChI is InChI=1S/C14H16BrFN4/c1-9-7-11(16)4-3-10(9)5-6-18-14-12(15)13(17-2)19-8-20-14/h3-4,7-8H,5-6H2,1-2H3,(H2,17,18,19,20). The van der Waals surface area contributed by atoms with Gasteiger partial charge >= 0.3 is 0 Å². The van der Waals surface area contributed by atoms with Crippen LogP contribution < -0.4 is 10.6 Å². The van der Waals surface area contributed by atoms with Gasteiger partial charge in [0, 0.05) is 13.6 Å². The maximum Gasteiger partial charge on any atom is 0.145 e. The molecule has 0 radical (unpaired) electrons. The molecule has 0 atom stereocenters. The molecule has 0 aliphatic rings. The van der Waals surface area contributed by atoms with Gasteiger partial charge in [0.1, 0.15) is 28.3 Å². The van der Waals surface area contributed by atoms with E-state index < -0.39 is 0 Å². The van der Waals surface area contributed by atoms with Gasteiger partial charge < -0.3 is 10.6 Å². The fourth-order valence-corrected chi connectivity index (χ4v) is 2.47. The molecule has 0 fully saturated rings. The van der Waals surface area contributed by atoms with Crippen LogP contribution in [-0.4, -0.2) is 23.6 Å². The highest BCUT2D eigenvalue weighted by atomic mass is 79.9. The average molecular weight is 339 g/mol. The van der Waals surface area contributed by atoms with Crippen molar-refractivity contribution in [2.24, 2.45) is 0 Å². The average Bonchev–Trinajstić information content (AvgIpc) is 2.43. The van der Waals surface area contributed by atoms with E-state index in [1.807, 2.05) is 13.0 Å². The number of aryl methyl sites for hydroxylation is 1. The molecule has 2 N–H and O–H groups in total. The Bertz CT molecular complexity index is 604. The van der Waals surface area contributed by atoms with Crippen LogP contribution in [0.3, 0.4) is 0 Å². The highest BCUT2D eigenvalue weighted by molar-refractivity contribution is 9.10. The molecule has 6 heteroatoms. The van der Waals surface area contributed by atoms with Crippen LogP contribution in [0.1, 0.15) is 11.1 Å². The molecule has 20 heavy (non-hydrogen) atoms. The van der Waals surface area contributed by atoms with Gasteiger partial charge in [-0.15, -0.1) is 0 Å². The fourth-order valence-electron chi connectivity index (χ4n) is 1.92. The molecule has 0 aliphatic carbocycles. The van der Waals surface area contributed by atoms with Gasteiger partial charge in [-0.1, -0.05) is 6.07 Å². The van der Waals surface area contributed by atoms with Gasteiger partial charge in [-0.05, 0) is 52.5 Å². The second kappa shape index (κ2) is 6.65. The third-order valence-corrected chi connectivity index (χ3v) is 3.77. The maximum absolute atomic E-state index is 13.0. The second-order valence-corrected chi connectivity index (χ2v) is 5.18. The SMILES string of the molecule is CNc1ncnc(NCCc2ccc(F)cc2C)c1Br. The molecule has 0 spiro atoms. The van der Waals surface area contributed by atoms with Gasteiger partial charge in [-0.2, -0.15) is 0 Å². The highest BCUT2D eigenvalue weighted by Crippen LogP contribution is 2.25. The smallest absolute Gasteiger partial charge is 0.145 e. The van der Waals surface area contributed by atoms with Crippen LogP contribution >= 0.6 is 15.9 Å².